The van der Waals surface area contributed by atoms with Gasteiger partial charge in [-0.1, -0.05) is 30.3 Å². The van der Waals surface area contributed by atoms with E-state index in [-0.39, 0.29) is 49.3 Å². The number of amides is 3. The quantitative estimate of drug-likeness (QED) is 0.559. The van der Waals surface area contributed by atoms with Crippen LogP contribution in [-0.2, 0) is 23.9 Å². The lowest BCUT2D eigenvalue weighted by molar-refractivity contribution is -0.150. The Morgan fingerprint density at radius 1 is 1.10 bits per heavy atom. The van der Waals surface area contributed by atoms with Gasteiger partial charge in [0.2, 0.25) is 11.8 Å². The van der Waals surface area contributed by atoms with Crippen LogP contribution in [0.15, 0.2) is 30.3 Å². The SMILES string of the molecule is C[C@H](NC(=O)COC(=O)CCN1C(=O)[C@H]2[C@H]3CC[C@@H](C3)[C@@H]2C1=O)c1ccccc1. The first kappa shape index (κ1) is 19.6. The maximum Gasteiger partial charge on any atom is 0.308 e. The Balaban J connectivity index is 1.21. The molecule has 7 heteroatoms. The number of imide groups is 1. The van der Waals surface area contributed by atoms with Crippen LogP contribution in [0.3, 0.4) is 0 Å². The number of fused-ring (bicyclic) bond motifs is 5. The maximum atomic E-state index is 12.6. The molecule has 2 saturated carbocycles. The first-order chi connectivity index (χ1) is 14.0. The molecule has 1 N–H and O–H groups in total. The number of hydrogen-bond donors (Lipinski definition) is 1. The molecule has 2 aliphatic carbocycles. The average Bonchev–Trinajstić information content (AvgIpc) is 3.40. The van der Waals surface area contributed by atoms with Gasteiger partial charge >= 0.3 is 5.97 Å². The molecular formula is C22H26N2O5. The lowest BCUT2D eigenvalue weighted by Gasteiger charge is -2.19. The predicted molar refractivity (Wildman–Crippen MR) is 103 cm³/mol. The van der Waals surface area contributed by atoms with Gasteiger partial charge in [-0.05, 0) is 43.6 Å². The topological polar surface area (TPSA) is 92.8 Å². The molecule has 0 radical (unpaired) electrons. The van der Waals surface area contributed by atoms with Crippen LogP contribution in [0.5, 0.6) is 0 Å². The summed E-state index contributed by atoms with van der Waals surface area (Å²) in [6.45, 7) is 1.50. The van der Waals surface area contributed by atoms with Crippen LogP contribution >= 0.6 is 0 Å². The van der Waals surface area contributed by atoms with Gasteiger partial charge in [-0.15, -0.1) is 0 Å². The van der Waals surface area contributed by atoms with Crippen molar-refractivity contribution in [2.45, 2.75) is 38.6 Å². The van der Waals surface area contributed by atoms with E-state index in [1.54, 1.807) is 0 Å². The van der Waals surface area contributed by atoms with Crippen LogP contribution in [0.2, 0.25) is 0 Å². The van der Waals surface area contributed by atoms with Crippen LogP contribution in [0, 0.1) is 23.7 Å². The Bertz CT molecular complexity index is 796. The fourth-order valence-corrected chi connectivity index (χ4v) is 5.22. The highest BCUT2D eigenvalue weighted by molar-refractivity contribution is 6.06. The second kappa shape index (κ2) is 7.97. The number of ether oxygens (including phenoxy) is 1. The van der Waals surface area contributed by atoms with E-state index in [9.17, 15) is 19.2 Å². The van der Waals surface area contributed by atoms with Crippen molar-refractivity contribution in [1.82, 2.24) is 10.2 Å². The second-order valence-electron chi connectivity index (χ2n) is 8.32. The van der Waals surface area contributed by atoms with Crippen LogP contribution in [0.25, 0.3) is 0 Å². The molecule has 0 unspecified atom stereocenters. The van der Waals surface area contributed by atoms with E-state index in [4.69, 9.17) is 4.74 Å². The lowest BCUT2D eigenvalue weighted by Crippen LogP contribution is -2.35. The summed E-state index contributed by atoms with van der Waals surface area (Å²) < 4.78 is 5.02. The third-order valence-corrected chi connectivity index (χ3v) is 6.60. The van der Waals surface area contributed by atoms with Crippen molar-refractivity contribution in [1.29, 1.82) is 0 Å². The molecule has 1 aliphatic heterocycles. The number of hydrogen-bond acceptors (Lipinski definition) is 5. The van der Waals surface area contributed by atoms with Crippen molar-refractivity contribution in [3.8, 4) is 0 Å². The minimum absolute atomic E-state index is 0.0327. The summed E-state index contributed by atoms with van der Waals surface area (Å²) >= 11 is 0. The summed E-state index contributed by atoms with van der Waals surface area (Å²) in [4.78, 5) is 50.5. The lowest BCUT2D eigenvalue weighted by atomic mass is 9.81. The third kappa shape index (κ3) is 3.78. The number of nitrogens with zero attached hydrogens (tertiary/aromatic N) is 1. The number of benzene rings is 1. The summed E-state index contributed by atoms with van der Waals surface area (Å²) in [5.41, 5.74) is 0.956. The summed E-state index contributed by atoms with van der Waals surface area (Å²) in [7, 11) is 0. The Kier molecular flexibility index (Phi) is 5.39. The van der Waals surface area contributed by atoms with Gasteiger partial charge in [-0.25, -0.2) is 0 Å². The minimum Gasteiger partial charge on any atom is -0.456 e. The van der Waals surface area contributed by atoms with Crippen molar-refractivity contribution in [3.63, 3.8) is 0 Å². The Morgan fingerprint density at radius 2 is 1.72 bits per heavy atom. The van der Waals surface area contributed by atoms with Crippen LogP contribution < -0.4 is 5.32 Å². The van der Waals surface area contributed by atoms with Crippen LogP contribution in [0.1, 0.15) is 44.2 Å². The minimum atomic E-state index is -0.590. The monoisotopic (exact) mass is 398 g/mol. The van der Waals surface area contributed by atoms with Gasteiger partial charge in [0.15, 0.2) is 6.61 Å². The molecule has 0 spiro atoms. The van der Waals surface area contributed by atoms with E-state index in [0.717, 1.165) is 24.8 Å². The van der Waals surface area contributed by atoms with E-state index in [0.29, 0.717) is 11.8 Å². The van der Waals surface area contributed by atoms with E-state index in [1.807, 2.05) is 37.3 Å². The molecule has 1 saturated heterocycles. The molecule has 4 rings (SSSR count). The van der Waals surface area contributed by atoms with Gasteiger partial charge in [0.1, 0.15) is 0 Å². The van der Waals surface area contributed by atoms with E-state index >= 15 is 0 Å². The number of carbonyl (C=O) groups is 4. The number of likely N-dealkylation sites (tertiary alicyclic amines) is 1. The second-order valence-corrected chi connectivity index (χ2v) is 8.32. The smallest absolute Gasteiger partial charge is 0.308 e. The molecule has 3 fully saturated rings. The molecule has 29 heavy (non-hydrogen) atoms. The zero-order valence-corrected chi connectivity index (χ0v) is 16.5. The Hall–Kier alpha value is -2.70. The van der Waals surface area contributed by atoms with E-state index in [2.05, 4.69) is 5.32 Å². The summed E-state index contributed by atoms with van der Waals surface area (Å²) in [5, 5.41) is 2.77. The highest BCUT2D eigenvalue weighted by atomic mass is 16.5. The molecular weight excluding hydrogens is 372 g/mol. The number of rotatable bonds is 7. The predicted octanol–water partition coefficient (Wildman–Crippen LogP) is 1.83. The number of esters is 1. The molecule has 1 aromatic rings. The van der Waals surface area contributed by atoms with Crippen LogP contribution in [-0.4, -0.2) is 41.7 Å². The Morgan fingerprint density at radius 3 is 2.34 bits per heavy atom. The Labute approximate surface area is 169 Å². The number of carbonyl (C=O) groups excluding carboxylic acids is 4. The van der Waals surface area contributed by atoms with E-state index < -0.39 is 11.9 Å². The van der Waals surface area contributed by atoms with Gasteiger partial charge in [0, 0.05) is 6.54 Å². The zero-order chi connectivity index (χ0) is 20.5. The highest BCUT2D eigenvalue weighted by Gasteiger charge is 2.60. The fourth-order valence-electron chi connectivity index (χ4n) is 5.22. The molecule has 1 aromatic carbocycles. The first-order valence-corrected chi connectivity index (χ1v) is 10.3. The first-order valence-electron chi connectivity index (χ1n) is 10.3. The molecule has 154 valence electrons. The summed E-state index contributed by atoms with van der Waals surface area (Å²) in [6.07, 6.45) is 2.95. The van der Waals surface area contributed by atoms with Crippen molar-refractivity contribution >= 4 is 23.7 Å². The van der Waals surface area contributed by atoms with Gasteiger partial charge in [-0.3, -0.25) is 24.1 Å². The van der Waals surface area contributed by atoms with Crippen molar-refractivity contribution in [2.24, 2.45) is 23.7 Å². The molecule has 3 aliphatic rings. The summed E-state index contributed by atoms with van der Waals surface area (Å²) in [6, 6.07) is 9.28. The van der Waals surface area contributed by atoms with Crippen molar-refractivity contribution < 1.29 is 23.9 Å². The van der Waals surface area contributed by atoms with E-state index in [1.165, 1.54) is 4.90 Å². The van der Waals surface area contributed by atoms with Crippen molar-refractivity contribution in [2.75, 3.05) is 13.2 Å². The van der Waals surface area contributed by atoms with Gasteiger partial charge in [-0.2, -0.15) is 0 Å². The zero-order valence-electron chi connectivity index (χ0n) is 16.5. The largest absolute Gasteiger partial charge is 0.456 e. The molecule has 1 heterocycles. The van der Waals surface area contributed by atoms with Gasteiger partial charge in [0.25, 0.3) is 5.91 Å². The van der Waals surface area contributed by atoms with Crippen molar-refractivity contribution in [3.05, 3.63) is 35.9 Å². The molecule has 0 aromatic heterocycles. The molecule has 2 bridgehead atoms. The normalized spacial score (nSPS) is 28.4. The number of nitrogens with one attached hydrogen (secondary N) is 1. The maximum absolute atomic E-state index is 12.6. The molecule has 3 amide bonds. The third-order valence-electron chi connectivity index (χ3n) is 6.60. The fraction of sp³-hybridized carbons (Fsp3) is 0.545. The van der Waals surface area contributed by atoms with Crippen LogP contribution in [0.4, 0.5) is 0 Å². The average molecular weight is 398 g/mol. The molecule has 7 nitrogen and oxygen atoms in total. The van der Waals surface area contributed by atoms with Gasteiger partial charge in [0.05, 0.1) is 24.3 Å². The highest BCUT2D eigenvalue weighted by Crippen LogP contribution is 2.56. The summed E-state index contributed by atoms with van der Waals surface area (Å²) in [5.74, 6) is -0.946. The molecule has 5 atom stereocenters. The standard InChI is InChI=1S/C22H26N2O5/c1-13(14-5-3-2-4-6-14)23-17(25)12-29-18(26)9-10-24-21(27)19-15-7-8-16(11-15)20(19)22(24)28/h2-6,13,15-16,19-20H,7-12H2,1H3,(H,23,25)/t13-,15-,16-,19-,20-/m0/s1. The van der Waals surface area contributed by atoms with Gasteiger partial charge < -0.3 is 10.1 Å².